The Morgan fingerprint density at radius 2 is 1.65 bits per heavy atom. The number of benzene rings is 3. The molecule has 3 aromatic carbocycles. The fraction of sp³-hybridized carbons (Fsp3) is 0.200. The lowest BCUT2D eigenvalue weighted by Crippen LogP contribution is -2.29. The number of hydrogen-bond donors (Lipinski definition) is 1. The maximum Gasteiger partial charge on any atom is 0.317 e. The van der Waals surface area contributed by atoms with E-state index in [0.717, 1.165) is 11.1 Å². The van der Waals surface area contributed by atoms with Gasteiger partial charge < -0.3 is 14.6 Å². The number of ketones is 1. The molecule has 6 heteroatoms. The number of ether oxygens (including phenoxy) is 2. The summed E-state index contributed by atoms with van der Waals surface area (Å²) in [7, 11) is 3.28. The van der Waals surface area contributed by atoms with Crippen molar-refractivity contribution in [2.24, 2.45) is 0 Å². The molecule has 0 spiro atoms. The summed E-state index contributed by atoms with van der Waals surface area (Å²) in [5.41, 5.74) is 2.89. The SMILES string of the molecule is COc1ccc(C(=O)c2cc(-c3ccccc3)ccc2OCCN(C)CC(=O)O)cc1. The van der Waals surface area contributed by atoms with Gasteiger partial charge >= 0.3 is 5.97 Å². The van der Waals surface area contributed by atoms with Crippen LogP contribution in [0.5, 0.6) is 11.5 Å². The first kappa shape index (κ1) is 22.1. The summed E-state index contributed by atoms with van der Waals surface area (Å²) in [4.78, 5) is 25.8. The summed E-state index contributed by atoms with van der Waals surface area (Å²) >= 11 is 0. The van der Waals surface area contributed by atoms with Crippen molar-refractivity contribution >= 4 is 11.8 Å². The lowest BCUT2D eigenvalue weighted by Gasteiger charge is -2.17. The molecule has 0 aliphatic heterocycles. The van der Waals surface area contributed by atoms with Gasteiger partial charge in [0.2, 0.25) is 0 Å². The Balaban J connectivity index is 1.88. The van der Waals surface area contributed by atoms with E-state index < -0.39 is 5.97 Å². The number of carbonyl (C=O) groups is 2. The van der Waals surface area contributed by atoms with Gasteiger partial charge in [0.25, 0.3) is 0 Å². The lowest BCUT2D eigenvalue weighted by atomic mass is 9.97. The summed E-state index contributed by atoms with van der Waals surface area (Å²) in [6.07, 6.45) is 0. The summed E-state index contributed by atoms with van der Waals surface area (Å²) in [6, 6.07) is 22.3. The minimum Gasteiger partial charge on any atom is -0.497 e. The number of nitrogens with zero attached hydrogens (tertiary/aromatic N) is 1. The summed E-state index contributed by atoms with van der Waals surface area (Å²) < 4.78 is 11.1. The average molecular weight is 419 g/mol. The first-order valence-electron chi connectivity index (χ1n) is 9.89. The fourth-order valence-corrected chi connectivity index (χ4v) is 3.16. The van der Waals surface area contributed by atoms with Gasteiger partial charge in [0.05, 0.1) is 19.2 Å². The minimum atomic E-state index is -0.898. The van der Waals surface area contributed by atoms with Crippen molar-refractivity contribution < 1.29 is 24.2 Å². The van der Waals surface area contributed by atoms with E-state index in [4.69, 9.17) is 14.6 Å². The molecule has 0 aliphatic rings. The van der Waals surface area contributed by atoms with Crippen LogP contribution in [0.3, 0.4) is 0 Å². The van der Waals surface area contributed by atoms with E-state index in [-0.39, 0.29) is 18.9 Å². The molecule has 31 heavy (non-hydrogen) atoms. The molecule has 3 aromatic rings. The Bertz CT molecular complexity index is 1030. The standard InChI is InChI=1S/C25H25NO5/c1-26(17-24(27)28)14-15-31-23-13-10-20(18-6-4-3-5-7-18)16-22(23)25(29)19-8-11-21(30-2)12-9-19/h3-13,16H,14-15,17H2,1-2H3,(H,27,28). The maximum atomic E-state index is 13.3. The highest BCUT2D eigenvalue weighted by Crippen LogP contribution is 2.29. The number of carboxylic acids is 1. The molecule has 0 aliphatic carbocycles. The van der Waals surface area contributed by atoms with Gasteiger partial charge in [-0.2, -0.15) is 0 Å². The first-order chi connectivity index (χ1) is 15.0. The van der Waals surface area contributed by atoms with Crippen LogP contribution in [-0.4, -0.2) is 55.6 Å². The van der Waals surface area contributed by atoms with Crippen molar-refractivity contribution in [1.82, 2.24) is 4.90 Å². The normalized spacial score (nSPS) is 10.7. The molecule has 0 radical (unpaired) electrons. The molecule has 0 atom stereocenters. The molecule has 3 rings (SSSR count). The number of likely N-dealkylation sites (N-methyl/N-ethyl adjacent to an activating group) is 1. The summed E-state index contributed by atoms with van der Waals surface area (Å²) in [6.45, 7) is 0.605. The van der Waals surface area contributed by atoms with Gasteiger partial charge in [0.1, 0.15) is 18.1 Å². The number of carboxylic acid groups (broad SMARTS) is 1. The van der Waals surface area contributed by atoms with Crippen molar-refractivity contribution in [1.29, 1.82) is 0 Å². The Morgan fingerprint density at radius 1 is 0.935 bits per heavy atom. The van der Waals surface area contributed by atoms with Gasteiger partial charge in [-0.25, -0.2) is 0 Å². The van der Waals surface area contributed by atoms with Crippen molar-refractivity contribution in [2.75, 3.05) is 33.9 Å². The molecule has 0 amide bonds. The molecule has 160 valence electrons. The zero-order chi connectivity index (χ0) is 22.2. The van der Waals surface area contributed by atoms with Gasteiger partial charge in [-0.15, -0.1) is 0 Å². The molecule has 0 unspecified atom stereocenters. The molecule has 0 fully saturated rings. The third kappa shape index (κ3) is 5.93. The third-order valence-electron chi connectivity index (χ3n) is 4.82. The van der Waals surface area contributed by atoms with Crippen molar-refractivity contribution in [3.63, 3.8) is 0 Å². The smallest absolute Gasteiger partial charge is 0.317 e. The fourth-order valence-electron chi connectivity index (χ4n) is 3.16. The predicted molar refractivity (Wildman–Crippen MR) is 119 cm³/mol. The predicted octanol–water partition coefficient (Wildman–Crippen LogP) is 3.99. The minimum absolute atomic E-state index is 0.0755. The Kier molecular flexibility index (Phi) is 7.40. The Morgan fingerprint density at radius 3 is 2.29 bits per heavy atom. The van der Waals surface area contributed by atoms with Crippen LogP contribution in [0.1, 0.15) is 15.9 Å². The molecule has 0 aromatic heterocycles. The van der Waals surface area contributed by atoms with Gasteiger partial charge in [-0.1, -0.05) is 36.4 Å². The van der Waals surface area contributed by atoms with Crippen molar-refractivity contribution in [3.05, 3.63) is 83.9 Å². The van der Waals surface area contributed by atoms with Crippen molar-refractivity contribution in [2.45, 2.75) is 0 Å². The van der Waals surface area contributed by atoms with E-state index in [9.17, 15) is 9.59 Å². The van der Waals surface area contributed by atoms with Crippen LogP contribution in [0, 0.1) is 0 Å². The van der Waals surface area contributed by atoms with Gasteiger partial charge in [0.15, 0.2) is 5.78 Å². The van der Waals surface area contributed by atoms with Gasteiger partial charge in [-0.05, 0) is 54.6 Å². The zero-order valence-corrected chi connectivity index (χ0v) is 17.6. The van der Waals surface area contributed by atoms with E-state index in [0.29, 0.717) is 29.2 Å². The topological polar surface area (TPSA) is 76.1 Å². The zero-order valence-electron chi connectivity index (χ0n) is 17.6. The molecule has 6 nitrogen and oxygen atoms in total. The quantitative estimate of drug-likeness (QED) is 0.501. The van der Waals surface area contributed by atoms with E-state index in [1.54, 1.807) is 49.4 Å². The number of aliphatic carboxylic acids is 1. The highest BCUT2D eigenvalue weighted by Gasteiger charge is 2.17. The number of methoxy groups -OCH3 is 1. The highest BCUT2D eigenvalue weighted by molar-refractivity contribution is 6.11. The number of hydrogen-bond acceptors (Lipinski definition) is 5. The monoisotopic (exact) mass is 419 g/mol. The second-order valence-electron chi connectivity index (χ2n) is 7.11. The van der Waals surface area contributed by atoms with Crippen LogP contribution in [0.25, 0.3) is 11.1 Å². The maximum absolute atomic E-state index is 13.3. The number of carbonyl (C=O) groups excluding carboxylic acids is 1. The molecular weight excluding hydrogens is 394 g/mol. The molecule has 0 saturated heterocycles. The molecule has 0 heterocycles. The van der Waals surface area contributed by atoms with Crippen LogP contribution in [0.2, 0.25) is 0 Å². The largest absolute Gasteiger partial charge is 0.497 e. The molecule has 0 bridgehead atoms. The third-order valence-corrected chi connectivity index (χ3v) is 4.82. The van der Waals surface area contributed by atoms with Crippen LogP contribution in [0.4, 0.5) is 0 Å². The highest BCUT2D eigenvalue weighted by atomic mass is 16.5. The van der Waals surface area contributed by atoms with Gasteiger partial charge in [0, 0.05) is 12.1 Å². The Hall–Kier alpha value is -3.64. The van der Waals surface area contributed by atoms with E-state index >= 15 is 0 Å². The molecule has 0 saturated carbocycles. The summed E-state index contributed by atoms with van der Waals surface area (Å²) in [5, 5.41) is 8.88. The molecule has 1 N–H and O–H groups in total. The van der Waals surface area contributed by atoms with Gasteiger partial charge in [-0.3, -0.25) is 14.5 Å². The van der Waals surface area contributed by atoms with Crippen LogP contribution in [-0.2, 0) is 4.79 Å². The summed E-state index contributed by atoms with van der Waals surface area (Å²) in [5.74, 6) is 0.0798. The Labute approximate surface area is 181 Å². The van der Waals surface area contributed by atoms with E-state index in [2.05, 4.69) is 0 Å². The second-order valence-corrected chi connectivity index (χ2v) is 7.11. The number of rotatable bonds is 10. The van der Waals surface area contributed by atoms with Crippen LogP contribution < -0.4 is 9.47 Å². The van der Waals surface area contributed by atoms with E-state index in [1.165, 1.54) is 0 Å². The lowest BCUT2D eigenvalue weighted by molar-refractivity contribution is -0.138. The first-order valence-corrected chi connectivity index (χ1v) is 9.89. The van der Waals surface area contributed by atoms with E-state index in [1.807, 2.05) is 42.5 Å². The second kappa shape index (κ2) is 10.4. The average Bonchev–Trinajstić information content (AvgIpc) is 2.79. The van der Waals surface area contributed by atoms with Crippen LogP contribution >= 0.6 is 0 Å². The van der Waals surface area contributed by atoms with Crippen LogP contribution in [0.15, 0.2) is 72.8 Å². The van der Waals surface area contributed by atoms with Crippen molar-refractivity contribution in [3.8, 4) is 22.6 Å². The molecular formula is C25H25NO5.